The predicted octanol–water partition coefficient (Wildman–Crippen LogP) is 0.977. The standard InChI is InChI=1S/C10H10N4O2/c1-6-5-11-4-3-8(6)14-7(2)9(10(15)16)12-13-14/h3-5H,1-2H3,(H,15,16). The van der Waals surface area contributed by atoms with E-state index in [0.717, 1.165) is 11.3 Å². The molecule has 0 aliphatic rings. The number of pyridine rings is 1. The van der Waals surface area contributed by atoms with Crippen molar-refractivity contribution < 1.29 is 9.90 Å². The van der Waals surface area contributed by atoms with Crippen LogP contribution in [0.15, 0.2) is 18.5 Å². The molecule has 0 bridgehead atoms. The van der Waals surface area contributed by atoms with Gasteiger partial charge in [0.15, 0.2) is 5.69 Å². The molecule has 6 heteroatoms. The summed E-state index contributed by atoms with van der Waals surface area (Å²) >= 11 is 0. The van der Waals surface area contributed by atoms with E-state index >= 15 is 0 Å². The highest BCUT2D eigenvalue weighted by molar-refractivity contribution is 5.86. The summed E-state index contributed by atoms with van der Waals surface area (Å²) in [7, 11) is 0. The quantitative estimate of drug-likeness (QED) is 0.812. The zero-order valence-electron chi connectivity index (χ0n) is 8.88. The first-order valence-electron chi connectivity index (χ1n) is 4.68. The number of hydrogen-bond acceptors (Lipinski definition) is 4. The number of aromatic carboxylic acids is 1. The van der Waals surface area contributed by atoms with Crippen molar-refractivity contribution in [1.29, 1.82) is 0 Å². The molecule has 6 nitrogen and oxygen atoms in total. The van der Waals surface area contributed by atoms with Crippen LogP contribution in [-0.4, -0.2) is 31.1 Å². The van der Waals surface area contributed by atoms with Gasteiger partial charge in [-0.15, -0.1) is 5.10 Å². The average molecular weight is 218 g/mol. The molecule has 2 rings (SSSR count). The molecule has 0 fully saturated rings. The van der Waals surface area contributed by atoms with E-state index in [2.05, 4.69) is 15.3 Å². The summed E-state index contributed by atoms with van der Waals surface area (Å²) in [6.45, 7) is 3.55. The molecule has 2 aromatic heterocycles. The Balaban J connectivity index is 2.58. The number of rotatable bonds is 2. The summed E-state index contributed by atoms with van der Waals surface area (Å²) in [5.41, 5.74) is 2.16. The molecular formula is C10H10N4O2. The molecule has 0 spiro atoms. The van der Waals surface area contributed by atoms with Gasteiger partial charge in [-0.3, -0.25) is 4.98 Å². The minimum atomic E-state index is -1.07. The molecule has 0 aliphatic heterocycles. The molecule has 0 unspecified atom stereocenters. The van der Waals surface area contributed by atoms with Gasteiger partial charge >= 0.3 is 5.97 Å². The SMILES string of the molecule is Cc1cnccc1-n1nnc(C(=O)O)c1C. The fourth-order valence-electron chi connectivity index (χ4n) is 1.46. The van der Waals surface area contributed by atoms with Gasteiger partial charge in [0.2, 0.25) is 0 Å². The van der Waals surface area contributed by atoms with Crippen LogP contribution in [0.25, 0.3) is 5.69 Å². The Morgan fingerprint density at radius 1 is 1.44 bits per heavy atom. The maximum absolute atomic E-state index is 10.8. The van der Waals surface area contributed by atoms with Crippen LogP contribution in [0.4, 0.5) is 0 Å². The first-order chi connectivity index (χ1) is 7.61. The summed E-state index contributed by atoms with van der Waals surface area (Å²) in [5, 5.41) is 16.3. The molecule has 0 aliphatic carbocycles. The Hall–Kier alpha value is -2.24. The van der Waals surface area contributed by atoms with E-state index in [1.54, 1.807) is 25.4 Å². The number of nitrogens with zero attached hydrogens (tertiary/aromatic N) is 4. The largest absolute Gasteiger partial charge is 0.476 e. The highest BCUT2D eigenvalue weighted by atomic mass is 16.4. The number of carboxylic acid groups (broad SMARTS) is 1. The van der Waals surface area contributed by atoms with Gasteiger partial charge in [-0.1, -0.05) is 5.21 Å². The summed E-state index contributed by atoms with van der Waals surface area (Å²) < 4.78 is 1.50. The van der Waals surface area contributed by atoms with Crippen LogP contribution in [0.2, 0.25) is 0 Å². The van der Waals surface area contributed by atoms with Crippen LogP contribution in [0, 0.1) is 13.8 Å². The van der Waals surface area contributed by atoms with Crippen molar-refractivity contribution in [2.75, 3.05) is 0 Å². The van der Waals surface area contributed by atoms with Crippen LogP contribution < -0.4 is 0 Å². The minimum absolute atomic E-state index is 0.0313. The Kier molecular flexibility index (Phi) is 2.40. The molecule has 0 amide bonds. The van der Waals surface area contributed by atoms with Gasteiger partial charge in [-0.2, -0.15) is 0 Å². The molecule has 0 radical (unpaired) electrons. The lowest BCUT2D eigenvalue weighted by Gasteiger charge is -2.05. The number of hydrogen-bond donors (Lipinski definition) is 1. The topological polar surface area (TPSA) is 80.9 Å². The van der Waals surface area contributed by atoms with Gasteiger partial charge in [0.25, 0.3) is 0 Å². The molecule has 2 heterocycles. The zero-order valence-corrected chi connectivity index (χ0v) is 8.88. The average Bonchev–Trinajstić information content (AvgIpc) is 2.61. The second kappa shape index (κ2) is 3.73. The van der Waals surface area contributed by atoms with Gasteiger partial charge < -0.3 is 5.11 Å². The lowest BCUT2D eigenvalue weighted by Crippen LogP contribution is -2.04. The smallest absolute Gasteiger partial charge is 0.358 e. The molecule has 0 saturated heterocycles. The van der Waals surface area contributed by atoms with Crippen LogP contribution in [0.1, 0.15) is 21.7 Å². The Bertz CT molecular complexity index is 548. The van der Waals surface area contributed by atoms with E-state index in [-0.39, 0.29) is 5.69 Å². The van der Waals surface area contributed by atoms with Gasteiger partial charge in [0, 0.05) is 12.4 Å². The minimum Gasteiger partial charge on any atom is -0.476 e. The fourth-order valence-corrected chi connectivity index (χ4v) is 1.46. The molecule has 1 N–H and O–H groups in total. The summed E-state index contributed by atoms with van der Waals surface area (Å²) in [6, 6.07) is 1.77. The number of aromatic nitrogens is 4. The number of carboxylic acids is 1. The third-order valence-corrected chi connectivity index (χ3v) is 2.32. The van der Waals surface area contributed by atoms with Crippen molar-refractivity contribution >= 4 is 5.97 Å². The van der Waals surface area contributed by atoms with Crippen molar-refractivity contribution in [2.45, 2.75) is 13.8 Å². The van der Waals surface area contributed by atoms with Gasteiger partial charge in [0.1, 0.15) is 0 Å². The third kappa shape index (κ3) is 1.54. The fraction of sp³-hybridized carbons (Fsp3) is 0.200. The summed E-state index contributed by atoms with van der Waals surface area (Å²) in [5.74, 6) is -1.07. The lowest BCUT2D eigenvalue weighted by molar-refractivity contribution is 0.0689. The van der Waals surface area contributed by atoms with Crippen molar-refractivity contribution in [3.8, 4) is 5.69 Å². The zero-order chi connectivity index (χ0) is 11.7. The molecule has 0 saturated carbocycles. The molecule has 2 aromatic rings. The molecule has 0 aromatic carbocycles. The van der Waals surface area contributed by atoms with E-state index in [1.807, 2.05) is 6.92 Å². The predicted molar refractivity (Wildman–Crippen MR) is 55.6 cm³/mol. The van der Waals surface area contributed by atoms with Crippen LogP contribution in [0.3, 0.4) is 0 Å². The Morgan fingerprint density at radius 3 is 2.75 bits per heavy atom. The van der Waals surface area contributed by atoms with Crippen LogP contribution >= 0.6 is 0 Å². The second-order valence-electron chi connectivity index (χ2n) is 3.40. The Labute approximate surface area is 91.6 Å². The maximum atomic E-state index is 10.8. The number of carbonyl (C=O) groups is 1. The van der Waals surface area contributed by atoms with E-state index in [1.165, 1.54) is 4.68 Å². The van der Waals surface area contributed by atoms with Crippen LogP contribution in [0.5, 0.6) is 0 Å². The van der Waals surface area contributed by atoms with Crippen molar-refractivity contribution in [2.24, 2.45) is 0 Å². The molecule has 16 heavy (non-hydrogen) atoms. The molecular weight excluding hydrogens is 208 g/mol. The summed E-state index contributed by atoms with van der Waals surface area (Å²) in [6.07, 6.45) is 3.32. The van der Waals surface area contributed by atoms with E-state index < -0.39 is 5.97 Å². The van der Waals surface area contributed by atoms with E-state index in [9.17, 15) is 4.79 Å². The lowest BCUT2D eigenvalue weighted by atomic mass is 10.2. The van der Waals surface area contributed by atoms with Crippen LogP contribution in [-0.2, 0) is 0 Å². The third-order valence-electron chi connectivity index (χ3n) is 2.32. The molecule has 0 atom stereocenters. The van der Waals surface area contributed by atoms with Crippen molar-refractivity contribution in [3.63, 3.8) is 0 Å². The first kappa shape index (κ1) is 10.3. The van der Waals surface area contributed by atoms with E-state index in [4.69, 9.17) is 5.11 Å². The normalized spacial score (nSPS) is 10.4. The molecule has 82 valence electrons. The highest BCUT2D eigenvalue weighted by Gasteiger charge is 2.16. The number of aryl methyl sites for hydroxylation is 1. The second-order valence-corrected chi connectivity index (χ2v) is 3.40. The van der Waals surface area contributed by atoms with Gasteiger partial charge in [0.05, 0.1) is 11.4 Å². The van der Waals surface area contributed by atoms with E-state index in [0.29, 0.717) is 5.69 Å². The Morgan fingerprint density at radius 2 is 2.19 bits per heavy atom. The highest BCUT2D eigenvalue weighted by Crippen LogP contribution is 2.14. The maximum Gasteiger partial charge on any atom is 0.358 e. The monoisotopic (exact) mass is 218 g/mol. The van der Waals surface area contributed by atoms with Crippen molar-refractivity contribution in [3.05, 3.63) is 35.4 Å². The first-order valence-corrected chi connectivity index (χ1v) is 4.68. The van der Waals surface area contributed by atoms with Gasteiger partial charge in [-0.25, -0.2) is 9.48 Å². The summed E-state index contributed by atoms with van der Waals surface area (Å²) in [4.78, 5) is 14.8. The van der Waals surface area contributed by atoms with Gasteiger partial charge in [-0.05, 0) is 25.5 Å². The van der Waals surface area contributed by atoms with Crippen molar-refractivity contribution in [1.82, 2.24) is 20.0 Å².